The van der Waals surface area contributed by atoms with E-state index in [2.05, 4.69) is 30.6 Å². The van der Waals surface area contributed by atoms with Crippen LogP contribution in [0.5, 0.6) is 6.01 Å². The number of hydrogen-bond donors (Lipinski definition) is 3. The van der Waals surface area contributed by atoms with Crippen LogP contribution in [0.25, 0.3) is 101 Å². The van der Waals surface area contributed by atoms with Crippen molar-refractivity contribution in [1.82, 2.24) is 35.1 Å². The summed E-state index contributed by atoms with van der Waals surface area (Å²) in [6, 6.07) is 30.6. The van der Waals surface area contributed by atoms with Gasteiger partial charge in [-0.05, 0) is 147 Å². The summed E-state index contributed by atoms with van der Waals surface area (Å²) in [7, 11) is 1.13. The number of rotatable bonds is 13. The second-order valence-corrected chi connectivity index (χ2v) is 27.1. The van der Waals surface area contributed by atoms with E-state index in [1.807, 2.05) is 6.07 Å². The molecule has 12 rings (SSSR count). The first kappa shape index (κ1) is 75.3. The van der Waals surface area contributed by atoms with Crippen molar-refractivity contribution in [2.24, 2.45) is 0 Å². The molecule has 0 spiro atoms. The van der Waals surface area contributed by atoms with Gasteiger partial charge in [-0.15, -0.1) is 0 Å². The van der Waals surface area contributed by atoms with Crippen molar-refractivity contribution >= 4 is 105 Å². The Morgan fingerprint density at radius 1 is 0.636 bits per heavy atom. The number of aromatic nitrogens is 5. The second kappa shape index (κ2) is 30.3. The molecule has 1 aliphatic carbocycles. The zero-order valence-electron chi connectivity index (χ0n) is 55.6. The van der Waals surface area contributed by atoms with E-state index in [-0.39, 0.29) is 131 Å². The summed E-state index contributed by atoms with van der Waals surface area (Å²) in [6.45, 7) is 5.07. The first-order chi connectivity index (χ1) is 46.4. The number of aliphatic hydroxyl groups excluding tert-OH is 1. The topological polar surface area (TPSA) is 295 Å². The van der Waals surface area contributed by atoms with E-state index >= 15 is 4.39 Å². The van der Waals surface area contributed by atoms with Gasteiger partial charge in [0.2, 0.25) is 25.3 Å². The third-order valence-corrected chi connectivity index (χ3v) is 17.9. The maximum absolute atomic E-state index is 15.1. The fourth-order valence-corrected chi connectivity index (χ4v) is 11.9. The molecule has 510 valence electrons. The van der Waals surface area contributed by atoms with Crippen LogP contribution in [0.3, 0.4) is 0 Å². The number of anilines is 2. The molecule has 0 saturated heterocycles. The molecule has 22 nitrogen and oxygen atoms in total. The van der Waals surface area contributed by atoms with Gasteiger partial charge in [0, 0.05) is 97.8 Å². The number of nitrogens with zero attached hydrogens (tertiary/aromatic N) is 7. The molecule has 0 atom stereocenters. The number of allylic oxidation sites excluding steroid dienone is 1. The Labute approximate surface area is 593 Å². The summed E-state index contributed by atoms with van der Waals surface area (Å²) in [6.07, 6.45) is 3.41. The molecule has 2 amide bonds. The Bertz CT molecular complexity index is 5220. The first-order valence-electron chi connectivity index (χ1n) is 29.4. The van der Waals surface area contributed by atoms with Crippen LogP contribution in [0.2, 0.25) is 5.28 Å². The summed E-state index contributed by atoms with van der Waals surface area (Å²) in [5, 5.41) is 20.9. The van der Waals surface area contributed by atoms with Gasteiger partial charge >= 0.3 is 41.7 Å². The number of halogens is 5. The van der Waals surface area contributed by atoms with Crippen molar-refractivity contribution in [3.8, 4) is 62.6 Å². The van der Waals surface area contributed by atoms with Crippen LogP contribution >= 0.6 is 11.6 Å². The minimum absolute atomic E-state index is 0. The van der Waals surface area contributed by atoms with Gasteiger partial charge in [-0.25, -0.2) is 53.7 Å². The molecule has 6 aromatic carbocycles. The van der Waals surface area contributed by atoms with Gasteiger partial charge in [0.15, 0.2) is 0 Å². The van der Waals surface area contributed by atoms with Crippen LogP contribution in [0.15, 0.2) is 136 Å². The maximum Gasteiger partial charge on any atom is 1.00 e. The fourth-order valence-electron chi connectivity index (χ4n) is 10.7. The third kappa shape index (κ3) is 15.7. The number of aliphatic hydroxyl groups is 1. The Morgan fingerprint density at radius 2 is 1.09 bits per heavy atom. The van der Waals surface area contributed by atoms with Gasteiger partial charge < -0.3 is 39.2 Å². The Morgan fingerprint density at radius 3 is 1.56 bits per heavy atom. The number of fused-ring (bicyclic) bond motifs is 4. The summed E-state index contributed by atoms with van der Waals surface area (Å²) in [5.74, 6) is -2.57. The van der Waals surface area contributed by atoms with E-state index in [0.29, 0.717) is 45.4 Å². The van der Waals surface area contributed by atoms with Crippen molar-refractivity contribution in [2.75, 3.05) is 70.6 Å². The zero-order chi connectivity index (χ0) is 71.6. The van der Waals surface area contributed by atoms with Crippen LogP contribution in [-0.2, 0) is 31.2 Å². The number of sulfonamides is 2. The van der Waals surface area contributed by atoms with E-state index in [1.165, 1.54) is 137 Å². The summed E-state index contributed by atoms with van der Waals surface area (Å²) in [4.78, 5) is 57.8. The van der Waals surface area contributed by atoms with Gasteiger partial charge in [0.1, 0.15) is 51.6 Å². The van der Waals surface area contributed by atoms with Crippen molar-refractivity contribution in [3.63, 3.8) is 0 Å². The largest absolute Gasteiger partial charge is 1.00 e. The normalized spacial score (nSPS) is 11.8. The molecule has 0 aliphatic heterocycles. The average molecular weight is 1420 g/mol. The number of benzene rings is 6. The molecule has 0 fully saturated rings. The van der Waals surface area contributed by atoms with Crippen LogP contribution < -0.4 is 58.6 Å². The summed E-state index contributed by atoms with van der Waals surface area (Å²) >= 11 is 6.49. The number of methoxy groups -OCH3 is 1. The van der Waals surface area contributed by atoms with E-state index in [1.54, 1.807) is 51.1 Å². The van der Waals surface area contributed by atoms with Crippen LogP contribution in [0.4, 0.5) is 33.7 Å². The number of hydrogen-bond acceptors (Lipinski definition) is 17. The van der Waals surface area contributed by atoms with Crippen LogP contribution in [0.1, 0.15) is 58.3 Å². The Balaban J connectivity index is 0.000000240. The van der Waals surface area contributed by atoms with Gasteiger partial charge in [-0.1, -0.05) is 18.2 Å². The smallest absolute Gasteiger partial charge is 0.857 e. The average Bonchev–Trinajstić information content (AvgIpc) is 1.68. The monoisotopic (exact) mass is 1420 g/mol. The number of furan rings is 2. The molecule has 0 radical (unpaired) electrons. The van der Waals surface area contributed by atoms with Gasteiger partial charge in [-0.2, -0.15) is 17.1 Å². The van der Waals surface area contributed by atoms with Crippen molar-refractivity contribution in [1.29, 1.82) is 0 Å². The standard InChI is InChI=1S/C35H30ClF2N5O6S.C32H26F2N4O5S.CH4O.CH3O.Na/c1-35(2,3)49-34(45)43-26-9-7-8-23(38)20(26)15-28(43)25-16-24(40-33(36)41-25)21-14-22-29(17-27(21)42(5)50(6,46)47)48-31(30(22)32(44)39-4)18-10-12-19(37)13-11-18;1-35-31(39)29-23-14-22(26-15-25(36-32(37-26)42-3)19-12-18-6-5-7-24(34)21(18)13-19)27(38(2)44(4,40)41)16-28(23)43-30(29)17-8-10-20(33)11-9-17;2*1-2;/h7-17H,1-6H3,(H,39,44);5-11,13-16H,12H2,1-4H3,(H,35,39);2H,1H3;1H3;/q;;;-1;+1. The molecule has 0 unspecified atom stereocenters. The maximum atomic E-state index is 15.1. The van der Waals surface area contributed by atoms with Crippen LogP contribution in [-0.4, -0.2) is 132 Å². The molecule has 5 aromatic heterocycles. The van der Waals surface area contributed by atoms with Crippen LogP contribution in [0, 0.1) is 23.3 Å². The summed E-state index contributed by atoms with van der Waals surface area (Å²) < 4.78 is 135. The number of carbonyl (C=O) groups excluding carboxylic acids is 3. The van der Waals surface area contributed by atoms with E-state index in [4.69, 9.17) is 40.1 Å². The van der Waals surface area contributed by atoms with E-state index in [9.17, 15) is 44.4 Å². The predicted molar refractivity (Wildman–Crippen MR) is 365 cm³/mol. The molecule has 11 aromatic rings. The van der Waals surface area contributed by atoms with Gasteiger partial charge in [0.25, 0.3) is 11.8 Å². The Kier molecular flexibility index (Phi) is 23.0. The number of nitrogens with one attached hydrogen (secondary N) is 2. The fraction of sp³-hybridized carbons (Fsp3) is 0.203. The first-order valence-corrected chi connectivity index (χ1v) is 33.4. The molecule has 0 bridgehead atoms. The molecule has 3 N–H and O–H groups in total. The molecule has 0 saturated carbocycles. The van der Waals surface area contributed by atoms with Crippen molar-refractivity contribution < 1.29 is 107 Å². The van der Waals surface area contributed by atoms with E-state index < -0.39 is 61.0 Å². The van der Waals surface area contributed by atoms with Gasteiger partial charge in [-0.3, -0.25) is 18.2 Å². The van der Waals surface area contributed by atoms with Crippen molar-refractivity contribution in [2.45, 2.75) is 32.8 Å². The molecule has 1 aliphatic rings. The number of amides is 2. The summed E-state index contributed by atoms with van der Waals surface area (Å²) in [5.41, 5.74) is 4.73. The minimum atomic E-state index is -3.88. The molecule has 30 heteroatoms. The Hall–Kier alpha value is -9.52. The zero-order valence-corrected chi connectivity index (χ0v) is 60.0. The quantitative estimate of drug-likeness (QED) is 0.0551. The second-order valence-electron chi connectivity index (χ2n) is 22.7. The molecule has 5 heterocycles. The van der Waals surface area contributed by atoms with E-state index in [0.717, 1.165) is 46.5 Å². The predicted octanol–water partition coefficient (Wildman–Crippen LogP) is 8.93. The van der Waals surface area contributed by atoms with Gasteiger partial charge in [0.05, 0.1) is 76.1 Å². The SMILES string of the molecule is CNC(=O)c1c(-c2ccc(F)cc2)oc2cc(N(C)S(C)(=O)=O)c(-c3cc(-c4cc5c(F)cccc5n4C(=O)OC(C)(C)C)nc(Cl)n3)cc12.CNC(=O)c1c(-c2ccc(F)cc2)oc2cc(N(C)S(C)(=O)=O)c(-c3cc(C4=Cc5c(F)cccc5C4)nc(OC)n3)cc12.CO.C[O-].[Na+]. The number of ether oxygens (including phenoxy) is 2. The number of carbonyl (C=O) groups is 3. The molecular weight excluding hydrogens is 1360 g/mol. The molecular formula is C69H63ClF4N9NaO13S2. The van der Waals surface area contributed by atoms with Crippen molar-refractivity contribution in [3.05, 3.63) is 184 Å². The molecule has 99 heavy (non-hydrogen) atoms. The minimum Gasteiger partial charge on any atom is -0.857 e. The third-order valence-electron chi connectivity index (χ3n) is 15.3.